The first-order chi connectivity index (χ1) is 44.4. The molecule has 538 valence electrons. The number of aldehydes is 1. The van der Waals surface area contributed by atoms with Gasteiger partial charge in [-0.05, 0) is 245 Å². The van der Waals surface area contributed by atoms with Gasteiger partial charge in [0.2, 0.25) is 11.8 Å². The van der Waals surface area contributed by atoms with Crippen molar-refractivity contribution in [2.24, 2.45) is 113 Å². The second kappa shape index (κ2) is 25.2. The molecule has 12 saturated carbocycles. The maximum atomic E-state index is 12.9. The number of carbonyl (C=O) groups is 3. The van der Waals surface area contributed by atoms with E-state index < -0.39 is 50.1 Å². The summed E-state index contributed by atoms with van der Waals surface area (Å²) in [7, 11) is 0. The SMILES string of the molecule is C[C@@H]1C[C@H](C=O)O[C@H]2[C@H]1[C@@]1(C)CC[C@@]34C[C@@]35CC[C@H](O[C@H]3CN(C(=O)CC6CC6)CCO3)C(C)(C)[C@@H]5CC[C@H]4[C@]1(C)[C@H]2O.C[C@@H]1C[C@H]([C@H](O)C(C)(C)O)O[C@H]2[C@H]1[C@@]1(C)CC[C@@]34C[C@@]35CC[C@H](O[C@H]3CN(C(=O)CC6CC6)CCO3)C(C)(C)[C@@H]5CC[C@H]4[C@]1(C)[C@H]2O.[Na+].[O-][I+3]([O-])([O-])[O-]. The van der Waals surface area contributed by atoms with Crippen molar-refractivity contribution >= 4 is 18.1 Å². The molecule has 27 atom stereocenters. The Hall–Kier alpha value is -0.220. The van der Waals surface area contributed by atoms with E-state index in [0.29, 0.717) is 128 Å². The van der Waals surface area contributed by atoms with Gasteiger partial charge in [-0.15, -0.1) is 0 Å². The Kier molecular flexibility index (Phi) is 19.5. The molecule has 21 heteroatoms. The summed E-state index contributed by atoms with van der Waals surface area (Å²) in [5, 5.41) is 46.3. The summed E-state index contributed by atoms with van der Waals surface area (Å²) >= 11 is -5.94. The molecule has 2 amide bonds. The smallest absolute Gasteiger partial charge is 0.390 e. The first kappa shape index (κ1) is 74.1. The van der Waals surface area contributed by atoms with Gasteiger partial charge >= 0.3 is 29.6 Å². The molecule has 16 rings (SSSR count). The Labute approximate surface area is 600 Å². The number of halogens is 1. The van der Waals surface area contributed by atoms with Crippen LogP contribution in [0.4, 0.5) is 0 Å². The van der Waals surface area contributed by atoms with Gasteiger partial charge in [0.25, 0.3) is 0 Å². The number of hydrogen-bond acceptors (Lipinski definition) is 17. The summed E-state index contributed by atoms with van der Waals surface area (Å²) in [6.07, 6.45) is 20.9. The molecule has 0 aromatic heterocycles. The molecule has 4 N–H and O–H groups in total. The molecule has 12 aliphatic carbocycles. The number of morpholine rings is 2. The topological polar surface area (TPSA) is 286 Å². The molecule has 4 spiro atoms. The van der Waals surface area contributed by atoms with Gasteiger partial charge in [-0.1, -0.05) is 69.2 Å². The van der Waals surface area contributed by atoms with Gasteiger partial charge in [-0.25, -0.2) is 0 Å². The number of rotatable bonds is 11. The zero-order valence-electron chi connectivity index (χ0n) is 60.4. The molecule has 4 aliphatic heterocycles. The van der Waals surface area contributed by atoms with E-state index in [2.05, 4.69) is 69.2 Å². The fourth-order valence-corrected chi connectivity index (χ4v) is 27.5. The van der Waals surface area contributed by atoms with E-state index in [4.69, 9.17) is 42.2 Å². The third kappa shape index (κ3) is 11.4. The van der Waals surface area contributed by atoms with E-state index in [0.717, 1.165) is 57.7 Å². The van der Waals surface area contributed by atoms with Gasteiger partial charge in [0.15, 0.2) is 12.6 Å². The largest absolute Gasteiger partial charge is 1.00 e. The van der Waals surface area contributed by atoms with E-state index >= 15 is 0 Å². The molecule has 0 bridgehead atoms. The predicted octanol–water partition coefficient (Wildman–Crippen LogP) is -0.0773. The number of nitrogens with zero attached hydrogens (tertiary/aromatic N) is 2. The van der Waals surface area contributed by atoms with Crippen LogP contribution < -0.4 is 63.4 Å². The molecule has 16 fully saturated rings. The van der Waals surface area contributed by atoms with Crippen LogP contribution >= 0.6 is 0 Å². The van der Waals surface area contributed by atoms with Crippen molar-refractivity contribution < 1.29 is 127 Å². The fourth-order valence-electron chi connectivity index (χ4n) is 27.5. The second-order valence-corrected chi connectivity index (χ2v) is 39.7. The number of aliphatic hydroxyl groups is 4. The van der Waals surface area contributed by atoms with Crippen LogP contribution in [0.3, 0.4) is 0 Å². The van der Waals surface area contributed by atoms with Crippen molar-refractivity contribution in [2.45, 2.75) is 297 Å². The molecule has 0 unspecified atom stereocenters. The second-order valence-electron chi connectivity index (χ2n) is 37.5. The molecule has 19 nitrogen and oxygen atoms in total. The molecular formula is C75H118IN2NaO17. The first-order valence-corrected chi connectivity index (χ1v) is 41.2. The number of aliphatic hydroxyl groups excluding tert-OH is 3. The molecule has 0 radical (unpaired) electrons. The van der Waals surface area contributed by atoms with Crippen molar-refractivity contribution in [2.75, 3.05) is 39.4 Å². The van der Waals surface area contributed by atoms with Crippen LogP contribution in [0.15, 0.2) is 0 Å². The van der Waals surface area contributed by atoms with Gasteiger partial charge in [0.1, 0.15) is 38.6 Å². The summed E-state index contributed by atoms with van der Waals surface area (Å²) in [4.78, 5) is 41.5. The first-order valence-electron chi connectivity index (χ1n) is 37.6. The zero-order valence-corrected chi connectivity index (χ0v) is 64.5. The molecule has 0 aromatic rings. The van der Waals surface area contributed by atoms with Crippen LogP contribution in [0.25, 0.3) is 0 Å². The zero-order chi connectivity index (χ0) is 68.2. The summed E-state index contributed by atoms with van der Waals surface area (Å²) in [6.45, 7) is 30.9. The third-order valence-corrected chi connectivity index (χ3v) is 32.5. The maximum Gasteiger partial charge on any atom is 1.00 e. The Bertz CT molecular complexity index is 2920. The number of hydrogen-bond donors (Lipinski definition) is 4. The monoisotopic (exact) mass is 1470 g/mol. The summed E-state index contributed by atoms with van der Waals surface area (Å²) in [5.74, 6) is 5.03. The Morgan fingerprint density at radius 2 is 0.979 bits per heavy atom. The van der Waals surface area contributed by atoms with Crippen molar-refractivity contribution in [3.63, 3.8) is 0 Å². The van der Waals surface area contributed by atoms with Crippen LogP contribution in [0, 0.1) is 113 Å². The summed E-state index contributed by atoms with van der Waals surface area (Å²) in [6, 6.07) is 0. The van der Waals surface area contributed by atoms with Crippen molar-refractivity contribution in [1.82, 2.24) is 9.80 Å². The van der Waals surface area contributed by atoms with Crippen LogP contribution in [0.5, 0.6) is 0 Å². The molecule has 4 heterocycles. The average molecular weight is 1470 g/mol. The van der Waals surface area contributed by atoms with Gasteiger partial charge < -0.3 is 63.4 Å². The van der Waals surface area contributed by atoms with E-state index in [9.17, 15) is 34.8 Å². The van der Waals surface area contributed by atoms with Gasteiger partial charge in [-0.2, -0.15) is 0 Å². The normalized spacial score (nSPS) is 50.8. The molecular weight excluding hydrogens is 1350 g/mol. The Balaban J connectivity index is 0.000000161. The molecule has 16 aliphatic rings. The number of amides is 2. The molecule has 96 heavy (non-hydrogen) atoms. The quantitative estimate of drug-likeness (QED) is 0.120. The fraction of sp³-hybridized carbons (Fsp3) is 0.960. The van der Waals surface area contributed by atoms with Crippen LogP contribution in [0.2, 0.25) is 0 Å². The van der Waals surface area contributed by atoms with Crippen molar-refractivity contribution in [3.05, 3.63) is 0 Å². The standard InChI is InChI=1S/C39H63NO7.C36H55NO6.IO4.Na/c1-22-18-24(32(42)35(4,5)44)46-31-30(22)36(6)14-15-39-21-38(39)13-12-27(34(2,3)25(38)10-11-26(39)37(36,7)33(31)43)47-29-20-40(16-17-45-29)28(41)19-23-8-9-23;1-21-16-23(19-38)42-30-29(21)33(4)12-13-36-20-35(36)11-10-26(32(2,3)24(35)8-9-25(36)34(33,5)31(30)40)43-28-18-37(14-15-41-28)27(39)17-22-6-7-22;2-1(3,4)5;/h22-27,29-33,42-44H,8-21H2,1-7H3;19,21-26,28-31,40H,6-18,20H2,1-5H3;;/q;;-1;+1/t22-,24-,25+,26+,27+,29+,30+,31+,32+,33+,36-,37-,38-,39+;21-,23-,24+,25+,26+,28+,29+,30+,31+,33-,34-,35-,36+;;/m11../s1. The van der Waals surface area contributed by atoms with E-state index in [-0.39, 0.29) is 128 Å². The van der Waals surface area contributed by atoms with E-state index in [1.807, 2.05) is 9.80 Å². The van der Waals surface area contributed by atoms with Crippen LogP contribution in [-0.2, 0) is 42.8 Å². The minimum atomic E-state index is -5.94. The van der Waals surface area contributed by atoms with Crippen molar-refractivity contribution in [1.29, 1.82) is 0 Å². The Morgan fingerprint density at radius 3 is 1.38 bits per heavy atom. The third-order valence-electron chi connectivity index (χ3n) is 32.5. The summed E-state index contributed by atoms with van der Waals surface area (Å²) < 4.78 is 73.4. The van der Waals surface area contributed by atoms with Crippen LogP contribution in [0.1, 0.15) is 224 Å². The van der Waals surface area contributed by atoms with E-state index in [1.165, 1.54) is 70.6 Å². The van der Waals surface area contributed by atoms with Gasteiger partial charge in [0, 0.05) is 36.8 Å². The number of ether oxygens (including phenoxy) is 6. The Morgan fingerprint density at radius 1 is 0.594 bits per heavy atom. The number of fused-ring (bicyclic) bond motifs is 8. The van der Waals surface area contributed by atoms with Gasteiger partial charge in [0.05, 0.1) is 74.6 Å². The minimum Gasteiger partial charge on any atom is -0.390 e. The average Bonchev–Trinajstić information content (AvgIpc) is 1.46. The van der Waals surface area contributed by atoms with Crippen molar-refractivity contribution in [3.8, 4) is 0 Å². The minimum absolute atomic E-state index is 0. The molecule has 0 aromatic carbocycles. The van der Waals surface area contributed by atoms with Gasteiger partial charge in [-0.3, -0.25) is 23.3 Å². The predicted molar refractivity (Wildman–Crippen MR) is 338 cm³/mol. The summed E-state index contributed by atoms with van der Waals surface area (Å²) in [5.41, 5.74) is -0.545. The van der Waals surface area contributed by atoms with E-state index in [1.54, 1.807) is 13.8 Å². The molecule has 4 saturated heterocycles. The number of carbonyl (C=O) groups excluding carboxylic acids is 3. The maximum absolute atomic E-state index is 12.9. The van der Waals surface area contributed by atoms with Crippen LogP contribution in [-0.4, -0.2) is 161 Å².